The number of fused-ring (bicyclic) bond motifs is 1. The van der Waals surface area contributed by atoms with Gasteiger partial charge in [-0.05, 0) is 37.3 Å². The average molecular weight is 373 g/mol. The lowest BCUT2D eigenvalue weighted by Crippen LogP contribution is -2.30. The van der Waals surface area contributed by atoms with E-state index < -0.39 is 0 Å². The summed E-state index contributed by atoms with van der Waals surface area (Å²) in [7, 11) is 3.00. The molecule has 0 aliphatic carbocycles. The summed E-state index contributed by atoms with van der Waals surface area (Å²) in [6.07, 6.45) is 0. The van der Waals surface area contributed by atoms with Gasteiger partial charge in [0.05, 0.1) is 31.0 Å². The average Bonchev–Trinajstić information content (AvgIpc) is 3.07. The molecule has 0 spiro atoms. The number of hydrazine groups is 1. The molecule has 7 nitrogen and oxygen atoms in total. The van der Waals surface area contributed by atoms with Gasteiger partial charge in [0.25, 0.3) is 5.91 Å². The van der Waals surface area contributed by atoms with Crippen molar-refractivity contribution >= 4 is 32.6 Å². The van der Waals surface area contributed by atoms with E-state index in [1.165, 1.54) is 25.6 Å². The molecule has 0 aliphatic rings. The van der Waals surface area contributed by atoms with Gasteiger partial charge in [0.15, 0.2) is 0 Å². The number of hydrogen-bond donors (Lipinski definition) is 2. The summed E-state index contributed by atoms with van der Waals surface area (Å²) >= 11 is 1.41. The van der Waals surface area contributed by atoms with Gasteiger partial charge in [-0.25, -0.2) is 4.98 Å². The Balaban J connectivity index is 1.77. The van der Waals surface area contributed by atoms with Crippen molar-refractivity contribution in [2.75, 3.05) is 26.3 Å². The molecule has 0 unspecified atom stereocenters. The SMILES string of the molecule is CCOc1ccc2nc(NNC(=O)c3c(OC)cccc3OC)sc2c1. The van der Waals surface area contributed by atoms with Crippen molar-refractivity contribution in [3.8, 4) is 17.2 Å². The van der Waals surface area contributed by atoms with Crippen molar-refractivity contribution in [1.29, 1.82) is 0 Å². The predicted molar refractivity (Wildman–Crippen MR) is 101 cm³/mol. The molecule has 0 saturated carbocycles. The van der Waals surface area contributed by atoms with Gasteiger partial charge in [-0.3, -0.25) is 15.6 Å². The second kappa shape index (κ2) is 7.92. The molecule has 2 aromatic carbocycles. The Bertz CT molecular complexity index is 904. The number of nitrogens with zero attached hydrogens (tertiary/aromatic N) is 1. The number of carbonyl (C=O) groups is 1. The molecule has 0 bridgehead atoms. The molecule has 1 heterocycles. The lowest BCUT2D eigenvalue weighted by Gasteiger charge is -2.12. The third-order valence-corrected chi connectivity index (χ3v) is 4.54. The van der Waals surface area contributed by atoms with Crippen LogP contribution in [0, 0.1) is 0 Å². The van der Waals surface area contributed by atoms with E-state index in [0.29, 0.717) is 28.8 Å². The number of hydrogen-bond acceptors (Lipinski definition) is 7. The highest BCUT2D eigenvalue weighted by Gasteiger charge is 2.18. The first-order valence-electron chi connectivity index (χ1n) is 7.97. The minimum absolute atomic E-state index is 0.310. The van der Waals surface area contributed by atoms with Crippen molar-refractivity contribution in [2.24, 2.45) is 0 Å². The van der Waals surface area contributed by atoms with Gasteiger partial charge in [0.2, 0.25) is 5.13 Å². The fraction of sp³-hybridized carbons (Fsp3) is 0.222. The van der Waals surface area contributed by atoms with Gasteiger partial charge in [-0.2, -0.15) is 0 Å². The number of thiazole rings is 1. The first kappa shape index (κ1) is 17.8. The number of carbonyl (C=O) groups excluding carboxylic acids is 1. The zero-order chi connectivity index (χ0) is 18.5. The van der Waals surface area contributed by atoms with Crippen LogP contribution >= 0.6 is 11.3 Å². The Morgan fingerprint density at radius 2 is 1.88 bits per heavy atom. The first-order valence-corrected chi connectivity index (χ1v) is 8.78. The second-order valence-electron chi connectivity index (χ2n) is 5.20. The minimum atomic E-state index is -0.381. The van der Waals surface area contributed by atoms with Gasteiger partial charge >= 0.3 is 0 Å². The Hall–Kier alpha value is -3.00. The normalized spacial score (nSPS) is 10.4. The molecule has 26 heavy (non-hydrogen) atoms. The Labute approximate surface area is 154 Å². The standard InChI is InChI=1S/C18H19N3O4S/c1-4-25-11-8-9-12-15(10-11)26-18(19-12)21-20-17(22)16-13(23-2)6-5-7-14(16)24-3/h5-10H,4H2,1-3H3,(H,19,21)(H,20,22). The van der Waals surface area contributed by atoms with Crippen LogP contribution in [0.15, 0.2) is 36.4 Å². The van der Waals surface area contributed by atoms with E-state index in [1.54, 1.807) is 18.2 Å². The molecule has 3 aromatic rings. The highest BCUT2D eigenvalue weighted by molar-refractivity contribution is 7.22. The molecule has 1 amide bonds. The number of methoxy groups -OCH3 is 2. The van der Waals surface area contributed by atoms with E-state index in [9.17, 15) is 4.79 Å². The Morgan fingerprint density at radius 3 is 2.54 bits per heavy atom. The molecule has 0 aliphatic heterocycles. The van der Waals surface area contributed by atoms with Gasteiger partial charge in [0.1, 0.15) is 22.8 Å². The third-order valence-electron chi connectivity index (χ3n) is 3.61. The summed E-state index contributed by atoms with van der Waals surface area (Å²) in [6.45, 7) is 2.54. The largest absolute Gasteiger partial charge is 0.496 e. The van der Waals surface area contributed by atoms with Crippen LogP contribution in [0.2, 0.25) is 0 Å². The monoisotopic (exact) mass is 373 g/mol. The van der Waals surface area contributed by atoms with Gasteiger partial charge in [-0.1, -0.05) is 17.4 Å². The van der Waals surface area contributed by atoms with Gasteiger partial charge < -0.3 is 14.2 Å². The van der Waals surface area contributed by atoms with E-state index in [2.05, 4.69) is 15.8 Å². The molecule has 1 aromatic heterocycles. The lowest BCUT2D eigenvalue weighted by atomic mass is 10.1. The summed E-state index contributed by atoms with van der Waals surface area (Å²) in [4.78, 5) is 17.0. The number of aromatic nitrogens is 1. The van der Waals surface area contributed by atoms with Crippen LogP contribution in [0.25, 0.3) is 10.2 Å². The molecule has 2 N–H and O–H groups in total. The smallest absolute Gasteiger partial charge is 0.277 e. The van der Waals surface area contributed by atoms with Crippen LogP contribution < -0.4 is 25.1 Å². The second-order valence-corrected chi connectivity index (χ2v) is 6.23. The summed E-state index contributed by atoms with van der Waals surface area (Å²) in [5, 5.41) is 0.566. The molecule has 136 valence electrons. The van der Waals surface area contributed by atoms with Crippen LogP contribution in [-0.2, 0) is 0 Å². The molecule has 8 heteroatoms. The topological polar surface area (TPSA) is 81.7 Å². The van der Waals surface area contributed by atoms with Crippen LogP contribution in [0.5, 0.6) is 17.2 Å². The van der Waals surface area contributed by atoms with Crippen molar-refractivity contribution in [3.05, 3.63) is 42.0 Å². The molecular weight excluding hydrogens is 354 g/mol. The Morgan fingerprint density at radius 1 is 1.15 bits per heavy atom. The molecule has 3 rings (SSSR count). The maximum atomic E-state index is 12.6. The highest BCUT2D eigenvalue weighted by atomic mass is 32.1. The zero-order valence-electron chi connectivity index (χ0n) is 14.7. The van der Waals surface area contributed by atoms with Crippen molar-refractivity contribution < 1.29 is 19.0 Å². The van der Waals surface area contributed by atoms with Gasteiger partial charge in [0, 0.05) is 0 Å². The first-order chi connectivity index (χ1) is 12.7. The van der Waals surface area contributed by atoms with Crippen molar-refractivity contribution in [2.45, 2.75) is 6.92 Å². The Kier molecular flexibility index (Phi) is 5.43. The summed E-state index contributed by atoms with van der Waals surface area (Å²) in [6, 6.07) is 10.8. The summed E-state index contributed by atoms with van der Waals surface area (Å²) < 4.78 is 17.0. The van der Waals surface area contributed by atoms with E-state index in [1.807, 2.05) is 25.1 Å². The quantitative estimate of drug-likeness (QED) is 0.617. The molecule has 0 saturated heterocycles. The zero-order valence-corrected chi connectivity index (χ0v) is 15.5. The van der Waals surface area contributed by atoms with Crippen molar-refractivity contribution in [3.63, 3.8) is 0 Å². The van der Waals surface area contributed by atoms with Crippen LogP contribution in [0.3, 0.4) is 0 Å². The number of amides is 1. The molecule has 0 atom stereocenters. The maximum Gasteiger partial charge on any atom is 0.277 e. The van der Waals surface area contributed by atoms with E-state index in [4.69, 9.17) is 14.2 Å². The fourth-order valence-corrected chi connectivity index (χ4v) is 3.31. The molecule has 0 fully saturated rings. The van der Waals surface area contributed by atoms with E-state index in [-0.39, 0.29) is 5.91 Å². The molecule has 0 radical (unpaired) electrons. The summed E-state index contributed by atoms with van der Waals surface area (Å²) in [5.41, 5.74) is 6.61. The van der Waals surface area contributed by atoms with Crippen molar-refractivity contribution in [1.82, 2.24) is 10.4 Å². The maximum absolute atomic E-state index is 12.6. The van der Waals surface area contributed by atoms with E-state index in [0.717, 1.165) is 16.0 Å². The number of benzene rings is 2. The van der Waals surface area contributed by atoms with Crippen LogP contribution in [0.4, 0.5) is 5.13 Å². The number of rotatable bonds is 7. The number of anilines is 1. The highest BCUT2D eigenvalue weighted by Crippen LogP contribution is 2.30. The summed E-state index contributed by atoms with van der Waals surface area (Å²) in [5.74, 6) is 1.26. The van der Waals surface area contributed by atoms with Gasteiger partial charge in [-0.15, -0.1) is 0 Å². The molecular formula is C18H19N3O4S. The number of ether oxygens (including phenoxy) is 3. The van der Waals surface area contributed by atoms with Crippen LogP contribution in [0.1, 0.15) is 17.3 Å². The van der Waals surface area contributed by atoms with E-state index >= 15 is 0 Å². The predicted octanol–water partition coefficient (Wildman–Crippen LogP) is 3.47. The minimum Gasteiger partial charge on any atom is -0.496 e. The fourth-order valence-electron chi connectivity index (χ4n) is 2.46. The third kappa shape index (κ3) is 3.65. The van der Waals surface area contributed by atoms with Crippen LogP contribution in [-0.4, -0.2) is 31.7 Å². The number of nitrogens with one attached hydrogen (secondary N) is 2. The lowest BCUT2D eigenvalue weighted by molar-refractivity contribution is 0.0956.